The van der Waals surface area contributed by atoms with Crippen LogP contribution in [0.3, 0.4) is 0 Å². The predicted octanol–water partition coefficient (Wildman–Crippen LogP) is 1.45. The van der Waals surface area contributed by atoms with Crippen molar-refractivity contribution in [3.05, 3.63) is 0 Å². The summed E-state index contributed by atoms with van der Waals surface area (Å²) in [4.78, 5) is 2.41. The third kappa shape index (κ3) is 2.80. The molecule has 2 heteroatoms. The normalized spacial score (nSPS) is 13.1. The van der Waals surface area contributed by atoms with Gasteiger partial charge in [-0.05, 0) is 34.2 Å². The van der Waals surface area contributed by atoms with Crippen LogP contribution in [0.1, 0.15) is 34.6 Å². The largest absolute Gasteiger partial charge is 0.329 e. The highest BCUT2D eigenvalue weighted by Gasteiger charge is 2.25. The first kappa shape index (κ1) is 10.9. The smallest absolute Gasteiger partial charge is 0.0278 e. The first-order valence-corrected chi connectivity index (χ1v) is 4.42. The van der Waals surface area contributed by atoms with Gasteiger partial charge in [-0.3, -0.25) is 4.90 Å². The molecule has 0 aliphatic rings. The Balaban J connectivity index is 4.23. The topological polar surface area (TPSA) is 29.3 Å². The van der Waals surface area contributed by atoms with Gasteiger partial charge in [-0.25, -0.2) is 0 Å². The van der Waals surface area contributed by atoms with Gasteiger partial charge in [0.2, 0.25) is 0 Å². The van der Waals surface area contributed by atoms with Gasteiger partial charge in [-0.15, -0.1) is 0 Å². The average molecular weight is 158 g/mol. The standard InChI is InChI=1S/C9H22N2/c1-6-11(8(2)3)9(4,5)7-10/h8H,6-7,10H2,1-5H3. The van der Waals surface area contributed by atoms with Crippen LogP contribution in [0.4, 0.5) is 0 Å². The third-order valence-electron chi connectivity index (χ3n) is 2.24. The van der Waals surface area contributed by atoms with E-state index in [0.29, 0.717) is 6.04 Å². The summed E-state index contributed by atoms with van der Waals surface area (Å²) in [7, 11) is 0. The molecule has 0 unspecified atom stereocenters. The number of hydrogen-bond acceptors (Lipinski definition) is 2. The molecule has 68 valence electrons. The van der Waals surface area contributed by atoms with Crippen molar-refractivity contribution in [1.29, 1.82) is 0 Å². The maximum Gasteiger partial charge on any atom is 0.0278 e. The molecule has 0 radical (unpaired) electrons. The Morgan fingerprint density at radius 2 is 1.82 bits per heavy atom. The van der Waals surface area contributed by atoms with Crippen molar-refractivity contribution >= 4 is 0 Å². The van der Waals surface area contributed by atoms with Crippen molar-refractivity contribution < 1.29 is 0 Å². The number of rotatable bonds is 4. The average Bonchev–Trinajstić information content (AvgIpc) is 1.88. The predicted molar refractivity (Wildman–Crippen MR) is 50.6 cm³/mol. The van der Waals surface area contributed by atoms with Crippen LogP contribution in [0.2, 0.25) is 0 Å². The van der Waals surface area contributed by atoms with Crippen LogP contribution < -0.4 is 5.73 Å². The van der Waals surface area contributed by atoms with E-state index < -0.39 is 0 Å². The first-order chi connectivity index (χ1) is 4.95. The van der Waals surface area contributed by atoms with Crippen molar-refractivity contribution in [3.8, 4) is 0 Å². The Labute approximate surface area is 70.8 Å². The molecular weight excluding hydrogens is 136 g/mol. The van der Waals surface area contributed by atoms with Crippen molar-refractivity contribution in [2.75, 3.05) is 13.1 Å². The van der Waals surface area contributed by atoms with Crippen LogP contribution in [-0.4, -0.2) is 29.6 Å². The molecular formula is C9H22N2. The molecule has 0 bridgehead atoms. The molecule has 0 saturated heterocycles. The van der Waals surface area contributed by atoms with Gasteiger partial charge in [-0.2, -0.15) is 0 Å². The number of hydrogen-bond donors (Lipinski definition) is 1. The molecule has 2 N–H and O–H groups in total. The fourth-order valence-electron chi connectivity index (χ4n) is 1.61. The second-order valence-corrected chi connectivity index (χ2v) is 3.90. The van der Waals surface area contributed by atoms with Gasteiger partial charge in [0, 0.05) is 18.1 Å². The van der Waals surface area contributed by atoms with E-state index in [1.54, 1.807) is 0 Å². The fourth-order valence-corrected chi connectivity index (χ4v) is 1.61. The second kappa shape index (κ2) is 4.07. The van der Waals surface area contributed by atoms with Crippen molar-refractivity contribution in [2.24, 2.45) is 5.73 Å². The van der Waals surface area contributed by atoms with E-state index in [9.17, 15) is 0 Å². The molecule has 0 aliphatic carbocycles. The molecule has 11 heavy (non-hydrogen) atoms. The van der Waals surface area contributed by atoms with Gasteiger partial charge < -0.3 is 5.73 Å². The Morgan fingerprint density at radius 1 is 1.36 bits per heavy atom. The number of likely N-dealkylation sites (N-methyl/N-ethyl adjacent to an activating group) is 1. The zero-order valence-corrected chi connectivity index (χ0v) is 8.52. The Hall–Kier alpha value is -0.0800. The van der Waals surface area contributed by atoms with E-state index in [-0.39, 0.29) is 5.54 Å². The maximum atomic E-state index is 5.68. The molecule has 0 aromatic carbocycles. The first-order valence-electron chi connectivity index (χ1n) is 4.42. The van der Waals surface area contributed by atoms with Crippen LogP contribution >= 0.6 is 0 Å². The summed E-state index contributed by atoms with van der Waals surface area (Å²) in [6, 6.07) is 0.582. The molecule has 0 aromatic heterocycles. The van der Waals surface area contributed by atoms with Gasteiger partial charge in [-0.1, -0.05) is 6.92 Å². The second-order valence-electron chi connectivity index (χ2n) is 3.90. The summed E-state index contributed by atoms with van der Waals surface area (Å²) >= 11 is 0. The molecule has 0 rings (SSSR count). The quantitative estimate of drug-likeness (QED) is 0.671. The monoisotopic (exact) mass is 158 g/mol. The van der Waals surface area contributed by atoms with E-state index in [0.717, 1.165) is 13.1 Å². The highest BCUT2D eigenvalue weighted by atomic mass is 15.2. The number of nitrogens with zero attached hydrogens (tertiary/aromatic N) is 1. The molecule has 2 nitrogen and oxygen atoms in total. The van der Waals surface area contributed by atoms with Crippen LogP contribution in [0, 0.1) is 0 Å². The summed E-state index contributed by atoms with van der Waals surface area (Å²) in [5, 5.41) is 0. The van der Waals surface area contributed by atoms with Gasteiger partial charge in [0.25, 0.3) is 0 Å². The lowest BCUT2D eigenvalue weighted by molar-refractivity contribution is 0.0979. The van der Waals surface area contributed by atoms with Crippen LogP contribution in [-0.2, 0) is 0 Å². The minimum absolute atomic E-state index is 0.142. The molecule has 0 aliphatic heterocycles. The van der Waals surface area contributed by atoms with E-state index in [1.807, 2.05) is 0 Å². The van der Waals surface area contributed by atoms with Crippen molar-refractivity contribution in [1.82, 2.24) is 4.90 Å². The maximum absolute atomic E-state index is 5.68. The Bertz CT molecular complexity index is 108. The molecule has 0 saturated carbocycles. The Morgan fingerprint density at radius 3 is 1.91 bits per heavy atom. The third-order valence-corrected chi connectivity index (χ3v) is 2.24. The minimum Gasteiger partial charge on any atom is -0.329 e. The SMILES string of the molecule is CCN(C(C)C)C(C)(C)CN. The molecule has 0 heterocycles. The molecule has 0 atom stereocenters. The lowest BCUT2D eigenvalue weighted by atomic mass is 10.0. The molecule has 0 spiro atoms. The van der Waals surface area contributed by atoms with Crippen LogP contribution in [0.15, 0.2) is 0 Å². The lowest BCUT2D eigenvalue weighted by Gasteiger charge is -2.40. The molecule has 0 fully saturated rings. The molecule has 0 amide bonds. The highest BCUT2D eigenvalue weighted by molar-refractivity contribution is 4.83. The van der Waals surface area contributed by atoms with Gasteiger partial charge in [0.15, 0.2) is 0 Å². The zero-order valence-electron chi connectivity index (χ0n) is 8.52. The van der Waals surface area contributed by atoms with E-state index in [4.69, 9.17) is 5.73 Å². The molecule has 0 aromatic rings. The van der Waals surface area contributed by atoms with E-state index in [1.165, 1.54) is 0 Å². The summed E-state index contributed by atoms with van der Waals surface area (Å²) in [6.07, 6.45) is 0. The minimum atomic E-state index is 0.142. The number of nitrogens with two attached hydrogens (primary N) is 1. The van der Waals surface area contributed by atoms with E-state index in [2.05, 4.69) is 39.5 Å². The van der Waals surface area contributed by atoms with Crippen molar-refractivity contribution in [3.63, 3.8) is 0 Å². The summed E-state index contributed by atoms with van der Waals surface area (Å²) in [5.74, 6) is 0. The van der Waals surface area contributed by atoms with Crippen LogP contribution in [0.5, 0.6) is 0 Å². The fraction of sp³-hybridized carbons (Fsp3) is 1.00. The van der Waals surface area contributed by atoms with Gasteiger partial charge in [0.05, 0.1) is 0 Å². The van der Waals surface area contributed by atoms with Crippen molar-refractivity contribution in [2.45, 2.75) is 46.2 Å². The highest BCUT2D eigenvalue weighted by Crippen LogP contribution is 2.15. The van der Waals surface area contributed by atoms with Gasteiger partial charge >= 0.3 is 0 Å². The summed E-state index contributed by atoms with van der Waals surface area (Å²) in [6.45, 7) is 12.8. The van der Waals surface area contributed by atoms with E-state index >= 15 is 0 Å². The lowest BCUT2D eigenvalue weighted by Crippen LogP contribution is -2.52. The Kier molecular flexibility index (Phi) is 4.04. The zero-order chi connectivity index (χ0) is 9.07. The summed E-state index contributed by atoms with van der Waals surface area (Å²) < 4.78 is 0. The van der Waals surface area contributed by atoms with Crippen LogP contribution in [0.25, 0.3) is 0 Å². The van der Waals surface area contributed by atoms with Gasteiger partial charge in [0.1, 0.15) is 0 Å². The summed E-state index contributed by atoms with van der Waals surface area (Å²) in [5.41, 5.74) is 5.82.